The third-order valence-corrected chi connectivity index (χ3v) is 21.4. The van der Waals surface area contributed by atoms with Gasteiger partial charge in [-0.25, -0.2) is 0 Å². The van der Waals surface area contributed by atoms with Crippen LogP contribution in [0.3, 0.4) is 0 Å². The second-order valence-corrected chi connectivity index (χ2v) is 30.5. The van der Waals surface area contributed by atoms with E-state index in [0.717, 1.165) is 57.7 Å². The summed E-state index contributed by atoms with van der Waals surface area (Å²) in [5.41, 5.74) is 16.3. The smallest absolute Gasteiger partial charge is 0.380 e. The van der Waals surface area contributed by atoms with Crippen LogP contribution in [0.15, 0.2) is 358 Å². The second kappa shape index (κ2) is 42.5. The number of aliphatic hydroxyl groups is 1. The predicted molar refractivity (Wildman–Crippen MR) is 471 cm³/mol. The van der Waals surface area contributed by atoms with Crippen LogP contribution >= 0.6 is 76.1 Å². The Balaban J connectivity index is 0.000000174. The Hall–Kier alpha value is -6.68. The molecule has 116 heavy (non-hydrogen) atoms. The van der Waals surface area contributed by atoms with E-state index in [9.17, 15) is 9.90 Å². The topological polar surface area (TPSA) is 127 Å². The standard InChI is InChI=1S/C31H20BrNO.C31H18BrN.C18H12BrN.C13H7BrO.C4H9.ClH.Li.H2O4S.3Y/c32-24-14-10-13-23(21-24)31(34,22-11-2-1-3-12-22)27-17-6-9-20-30(27)33-28-18-7-4-15-25(28)26-16-5-8-19-29(26)33;32-23-13-8-12-22(20-23)31(21-10-2-1-3-11-21)26-16-5-7-19-29(26)33-28-18-6-4-14-24(28)25-15-9-17-27(31)30(25)33;19-15-9-3-6-12-18(15)20-16-10-4-1-7-13(16)14-8-2-5-11-17(14)20;14-12-8-4-7-11(9-12)13(15)10-5-2-1-3-6-10;1-3-4-2;;;1-5(2,3)4;;;/h1-11,14-21,34H;1-10,13-20H;1-12H;1-5,8-9H;1,3-4H2,2H3;1H;;(H2,1,2,3,4);;;/q2*-2;;-2;-1;;+1;;;;. The number of ketones is 1. The summed E-state index contributed by atoms with van der Waals surface area (Å²) >= 11 is 14.3. The summed E-state index contributed by atoms with van der Waals surface area (Å²) in [6.07, 6.45) is 2.28. The van der Waals surface area contributed by atoms with Gasteiger partial charge in [0.15, 0.2) is 0 Å². The molecule has 19 heteroatoms. The SMILES string of the molecule is Brc1cc[c-]c(C2(c3[c-]cccc3)c3ccccc3-n3c4ccccc4c4cccc2c43)c1.Brc1ccccc1-n1c2ccccc2c2ccccc21.Cl.O=C(c1[c-]cccc1)c1[c-]ccc(Br)c1.O=S(=O)(O)O.OC(c1[c-]cccc1)(c1[c-]ccc(Br)c1)c1ccccc1-n1c2ccccc2c2ccccc21.[CH2-]CCC.[Li+].[Y].[Y].[Y]. The number of para-hydroxylation sites is 9. The number of carbonyl (C=O) groups excluding carboxylic acids is 1. The van der Waals surface area contributed by atoms with Crippen molar-refractivity contribution >= 4 is 158 Å². The van der Waals surface area contributed by atoms with E-state index in [1.165, 1.54) is 83.3 Å². The molecule has 0 amide bonds. The molecule has 3 N–H and O–H groups in total. The molecule has 0 saturated carbocycles. The summed E-state index contributed by atoms with van der Waals surface area (Å²) in [5.74, 6) is -0.0584. The van der Waals surface area contributed by atoms with E-state index in [0.29, 0.717) is 22.3 Å². The Morgan fingerprint density at radius 2 is 0.793 bits per heavy atom. The minimum absolute atomic E-state index is 0. The largest absolute Gasteiger partial charge is 1.00 e. The fourth-order valence-corrected chi connectivity index (χ4v) is 16.2. The van der Waals surface area contributed by atoms with Crippen molar-refractivity contribution in [3.8, 4) is 17.1 Å². The van der Waals surface area contributed by atoms with Crippen LogP contribution in [0.1, 0.15) is 74.6 Å². The number of rotatable bonds is 10. The van der Waals surface area contributed by atoms with Crippen molar-refractivity contribution in [1.29, 1.82) is 0 Å². The fourth-order valence-electron chi connectivity index (χ4n) is 14.6. The number of nitrogens with zero attached hydrogens (tertiary/aromatic N) is 3. The van der Waals surface area contributed by atoms with Gasteiger partial charge >= 0.3 is 29.3 Å². The van der Waals surface area contributed by atoms with Gasteiger partial charge in [-0.2, -0.15) is 124 Å². The van der Waals surface area contributed by atoms with E-state index in [4.69, 9.17) is 17.5 Å². The molecule has 0 spiro atoms. The summed E-state index contributed by atoms with van der Waals surface area (Å²) in [6.45, 7) is 5.72. The van der Waals surface area contributed by atoms with Gasteiger partial charge in [0.25, 0.3) is 0 Å². The minimum atomic E-state index is -4.67. The molecule has 4 heterocycles. The molecule has 18 aromatic rings. The normalized spacial score (nSPS) is 12.6. The third kappa shape index (κ3) is 19.7. The van der Waals surface area contributed by atoms with Crippen LogP contribution in [0.25, 0.3) is 82.5 Å². The van der Waals surface area contributed by atoms with Crippen LogP contribution in [0.5, 0.6) is 0 Å². The van der Waals surface area contributed by atoms with Crippen molar-refractivity contribution in [1.82, 2.24) is 13.7 Å². The summed E-state index contributed by atoms with van der Waals surface area (Å²) in [7, 11) is -4.67. The van der Waals surface area contributed by atoms with E-state index < -0.39 is 21.4 Å². The van der Waals surface area contributed by atoms with Gasteiger partial charge in [-0.15, -0.1) is 100 Å². The molecule has 0 fully saturated rings. The van der Waals surface area contributed by atoms with E-state index in [1.807, 2.05) is 109 Å². The molecular weight excluding hydrogens is 1960 g/mol. The average Bonchev–Trinajstić information content (AvgIpc) is 1.43. The minimum Gasteiger partial charge on any atom is -0.380 e. The Labute approximate surface area is 804 Å². The van der Waals surface area contributed by atoms with Gasteiger partial charge in [0.2, 0.25) is 0 Å². The zero-order valence-electron chi connectivity index (χ0n) is 62.9. The zero-order valence-corrected chi connectivity index (χ0v) is 79.4. The molecular formula is C97H69Br4ClLiN3O6SY3-6. The van der Waals surface area contributed by atoms with Gasteiger partial charge in [-0.3, -0.25) is 9.11 Å². The van der Waals surface area contributed by atoms with Crippen LogP contribution in [0.2, 0.25) is 0 Å². The molecule has 19 rings (SSSR count). The monoisotopic (exact) mass is 2030 g/mol. The van der Waals surface area contributed by atoms with Gasteiger partial charge in [-0.1, -0.05) is 232 Å². The molecule has 1 aliphatic rings. The number of hydrogen-bond donors (Lipinski definition) is 3. The molecule has 1 aliphatic heterocycles. The van der Waals surface area contributed by atoms with Gasteiger partial charge in [0.05, 0.1) is 61.5 Å². The van der Waals surface area contributed by atoms with Crippen molar-refractivity contribution in [2.45, 2.75) is 30.8 Å². The molecule has 15 aromatic carbocycles. The summed E-state index contributed by atoms with van der Waals surface area (Å²) in [4.78, 5) is 11.9. The van der Waals surface area contributed by atoms with E-state index in [2.05, 4.69) is 334 Å². The number of fused-ring (bicyclic) bond motifs is 11. The van der Waals surface area contributed by atoms with Gasteiger partial charge in [0, 0.05) is 146 Å². The number of unbranched alkanes of at least 4 members (excludes halogenated alkanes) is 1. The molecule has 0 aliphatic carbocycles. The van der Waals surface area contributed by atoms with Crippen LogP contribution < -0.4 is 18.9 Å². The number of carbonyl (C=O) groups is 1. The molecule has 3 radical (unpaired) electrons. The Kier molecular flexibility index (Phi) is 34.1. The summed E-state index contributed by atoms with van der Waals surface area (Å²) in [6, 6.07) is 134. The van der Waals surface area contributed by atoms with Crippen LogP contribution in [-0.2, 0) is 120 Å². The first-order chi connectivity index (χ1) is 54.0. The molecule has 0 bridgehead atoms. The van der Waals surface area contributed by atoms with Crippen LogP contribution in [0.4, 0.5) is 0 Å². The van der Waals surface area contributed by atoms with E-state index in [1.54, 1.807) is 24.3 Å². The first-order valence-electron chi connectivity index (χ1n) is 35.7. The first kappa shape index (κ1) is 93.2. The van der Waals surface area contributed by atoms with Crippen LogP contribution in [0, 0.1) is 43.3 Å². The summed E-state index contributed by atoms with van der Waals surface area (Å²) in [5, 5.41) is 20.1. The van der Waals surface area contributed by atoms with Gasteiger partial charge in [-0.05, 0) is 81.7 Å². The van der Waals surface area contributed by atoms with Crippen molar-refractivity contribution in [3.05, 3.63) is 451 Å². The fraction of sp³-hybridized carbons (Fsp3) is 0.0515. The Morgan fingerprint density at radius 1 is 0.405 bits per heavy atom. The van der Waals surface area contributed by atoms with Crippen molar-refractivity contribution in [3.63, 3.8) is 0 Å². The molecule has 565 valence electrons. The first-order valence-corrected chi connectivity index (χ1v) is 40.2. The van der Waals surface area contributed by atoms with Gasteiger partial charge in [0.1, 0.15) is 0 Å². The van der Waals surface area contributed by atoms with Crippen molar-refractivity contribution in [2.24, 2.45) is 0 Å². The second-order valence-electron chi connectivity index (χ2n) is 26.0. The van der Waals surface area contributed by atoms with E-state index in [-0.39, 0.29) is 135 Å². The van der Waals surface area contributed by atoms with E-state index >= 15 is 0 Å². The average molecular weight is 2030 g/mol. The number of aromatic nitrogens is 3. The maximum Gasteiger partial charge on any atom is 1.00 e. The van der Waals surface area contributed by atoms with Gasteiger partial charge < -0.3 is 30.5 Å². The molecule has 2 atom stereocenters. The molecule has 0 saturated heterocycles. The Bertz CT molecular complexity index is 6410. The maximum absolute atomic E-state index is 12.6. The van der Waals surface area contributed by atoms with Crippen LogP contribution in [-0.4, -0.2) is 42.1 Å². The number of halogens is 5. The number of benzene rings is 15. The van der Waals surface area contributed by atoms with Crippen molar-refractivity contribution < 1.29 is 144 Å². The molecule has 9 nitrogen and oxygen atoms in total. The third-order valence-electron chi connectivity index (χ3n) is 19.3. The maximum atomic E-state index is 12.6. The quantitative estimate of drug-likeness (QED) is 0.0412. The summed E-state index contributed by atoms with van der Waals surface area (Å²) < 4.78 is 42.5. The zero-order chi connectivity index (χ0) is 77.2. The molecule has 3 aromatic heterocycles. The van der Waals surface area contributed by atoms with Crippen molar-refractivity contribution in [2.75, 3.05) is 0 Å². The molecule has 2 unspecified atom stereocenters. The number of hydrogen-bond acceptors (Lipinski definition) is 4. The Morgan fingerprint density at radius 3 is 1.29 bits per heavy atom. The predicted octanol–water partition coefficient (Wildman–Crippen LogP) is 22.5.